The number of pyridine rings is 1. The second kappa shape index (κ2) is 7.01. The monoisotopic (exact) mass is 365 g/mol. The van der Waals surface area contributed by atoms with Gasteiger partial charge in [-0.1, -0.05) is 18.2 Å². The molecule has 2 heterocycles. The maximum absolute atomic E-state index is 9.12. The van der Waals surface area contributed by atoms with Crippen molar-refractivity contribution in [1.82, 2.24) is 9.55 Å². The highest BCUT2D eigenvalue weighted by atomic mass is 14.9. The largest absolute Gasteiger partial charge is 0.398 e. The van der Waals surface area contributed by atoms with Gasteiger partial charge in [0.25, 0.3) is 0 Å². The molecule has 4 rings (SSSR count). The molecule has 5 heteroatoms. The number of nitrogens with two attached hydrogens (primary N) is 1. The number of benzene rings is 2. The molecular weight excluding hydrogens is 346 g/mol. The fourth-order valence-corrected chi connectivity index (χ4v) is 3.43. The van der Waals surface area contributed by atoms with Crippen molar-refractivity contribution in [3.63, 3.8) is 0 Å². The molecule has 0 amide bonds. The summed E-state index contributed by atoms with van der Waals surface area (Å²) in [7, 11) is 3.73. The Hall–Kier alpha value is -3.91. The molecule has 0 spiro atoms. The van der Waals surface area contributed by atoms with E-state index in [0.717, 1.165) is 38.9 Å². The molecule has 0 aliphatic carbocycles. The maximum Gasteiger partial charge on any atom is 0.0991 e. The summed E-state index contributed by atoms with van der Waals surface area (Å²) >= 11 is 0. The third-order valence-corrected chi connectivity index (χ3v) is 4.87. The van der Waals surface area contributed by atoms with E-state index in [1.54, 1.807) is 13.3 Å². The van der Waals surface area contributed by atoms with Gasteiger partial charge < -0.3 is 10.3 Å². The van der Waals surface area contributed by atoms with Crippen molar-refractivity contribution in [3.8, 4) is 28.5 Å². The van der Waals surface area contributed by atoms with Crippen molar-refractivity contribution in [2.45, 2.75) is 0 Å². The van der Waals surface area contributed by atoms with Crippen LogP contribution in [0.25, 0.3) is 33.3 Å². The average Bonchev–Trinajstić information content (AvgIpc) is 3.10. The number of hydrogen-bond donors (Lipinski definition) is 1. The molecular formula is C23H19N5. The zero-order valence-corrected chi connectivity index (χ0v) is 15.7. The number of nitrogens with zero attached hydrogens (tertiary/aromatic N) is 4. The van der Waals surface area contributed by atoms with Crippen LogP contribution in [0, 0.1) is 11.3 Å². The Kier molecular flexibility index (Phi) is 4.38. The van der Waals surface area contributed by atoms with Gasteiger partial charge >= 0.3 is 0 Å². The molecule has 2 aromatic heterocycles. The molecule has 0 saturated heterocycles. The summed E-state index contributed by atoms with van der Waals surface area (Å²) in [4.78, 5) is 8.88. The molecule has 4 aromatic rings. The van der Waals surface area contributed by atoms with Crippen LogP contribution in [0.3, 0.4) is 0 Å². The first kappa shape index (κ1) is 17.5. The van der Waals surface area contributed by atoms with Gasteiger partial charge in [0.1, 0.15) is 0 Å². The third kappa shape index (κ3) is 2.91. The molecule has 0 aliphatic heterocycles. The first-order valence-electron chi connectivity index (χ1n) is 8.89. The Morgan fingerprint density at radius 1 is 1.11 bits per heavy atom. The predicted octanol–water partition coefficient (Wildman–Crippen LogP) is 4.41. The van der Waals surface area contributed by atoms with Crippen LogP contribution >= 0.6 is 0 Å². The van der Waals surface area contributed by atoms with Gasteiger partial charge in [0, 0.05) is 54.3 Å². The van der Waals surface area contributed by atoms with Crippen LogP contribution in [0.4, 0.5) is 5.69 Å². The number of fused-ring (bicyclic) bond motifs is 1. The minimum absolute atomic E-state index is 0.632. The van der Waals surface area contributed by atoms with Crippen molar-refractivity contribution < 1.29 is 0 Å². The Morgan fingerprint density at radius 3 is 2.57 bits per heavy atom. The SMILES string of the molecule is CN=Cc1cc(-c2ncc3c(ccn3C)c2-c2ccc(C#N)cc2)ccc1N. The van der Waals surface area contributed by atoms with Gasteiger partial charge in [0.15, 0.2) is 0 Å². The van der Waals surface area contributed by atoms with Crippen LogP contribution in [0.1, 0.15) is 11.1 Å². The predicted molar refractivity (Wildman–Crippen MR) is 114 cm³/mol. The van der Waals surface area contributed by atoms with Crippen LogP contribution < -0.4 is 5.73 Å². The number of anilines is 1. The molecule has 0 saturated carbocycles. The summed E-state index contributed by atoms with van der Waals surface area (Å²) < 4.78 is 2.05. The van der Waals surface area contributed by atoms with Gasteiger partial charge in [-0.25, -0.2) is 0 Å². The van der Waals surface area contributed by atoms with Crippen molar-refractivity contribution in [1.29, 1.82) is 5.26 Å². The molecule has 5 nitrogen and oxygen atoms in total. The topological polar surface area (TPSA) is 80.0 Å². The normalized spacial score (nSPS) is 11.2. The van der Waals surface area contributed by atoms with Gasteiger partial charge in [-0.2, -0.15) is 5.26 Å². The molecule has 2 N–H and O–H groups in total. The number of nitrogen functional groups attached to an aromatic ring is 1. The Bertz CT molecular complexity index is 1240. The molecule has 28 heavy (non-hydrogen) atoms. The summed E-state index contributed by atoms with van der Waals surface area (Å²) in [5.74, 6) is 0. The van der Waals surface area contributed by atoms with Crippen LogP contribution in [0.2, 0.25) is 0 Å². The van der Waals surface area contributed by atoms with Crippen LogP contribution in [-0.2, 0) is 7.05 Å². The van der Waals surface area contributed by atoms with Crippen LogP contribution in [-0.4, -0.2) is 22.8 Å². The lowest BCUT2D eigenvalue weighted by Gasteiger charge is -2.13. The smallest absolute Gasteiger partial charge is 0.0991 e. The summed E-state index contributed by atoms with van der Waals surface area (Å²) in [6.45, 7) is 0. The highest BCUT2D eigenvalue weighted by Gasteiger charge is 2.16. The highest BCUT2D eigenvalue weighted by molar-refractivity contribution is 6.02. The lowest BCUT2D eigenvalue weighted by Crippen LogP contribution is -1.97. The van der Waals surface area contributed by atoms with Crippen LogP contribution in [0.15, 0.2) is 65.9 Å². The molecule has 0 atom stereocenters. The summed E-state index contributed by atoms with van der Waals surface area (Å²) in [6.07, 6.45) is 5.67. The first-order valence-corrected chi connectivity index (χ1v) is 8.89. The van der Waals surface area contributed by atoms with E-state index in [1.807, 2.05) is 61.9 Å². The van der Waals surface area contributed by atoms with Crippen molar-refractivity contribution in [3.05, 3.63) is 72.1 Å². The van der Waals surface area contributed by atoms with E-state index in [1.165, 1.54) is 0 Å². The average molecular weight is 365 g/mol. The standard InChI is InChI=1S/C23H19N5/c1-26-13-18-11-17(7-8-20(18)25)23-22(16-5-3-15(12-24)4-6-16)19-9-10-28(2)21(19)14-27-23/h3-11,13-14H,25H2,1-2H3. The zero-order valence-electron chi connectivity index (χ0n) is 15.7. The summed E-state index contributed by atoms with van der Waals surface area (Å²) in [6, 6.07) is 17.7. The Labute approximate surface area is 163 Å². The number of rotatable bonds is 3. The lowest BCUT2D eigenvalue weighted by atomic mass is 9.94. The molecule has 136 valence electrons. The van der Waals surface area contributed by atoms with Crippen molar-refractivity contribution in [2.75, 3.05) is 12.8 Å². The second-order valence-corrected chi connectivity index (χ2v) is 6.63. The van der Waals surface area contributed by atoms with Gasteiger partial charge in [-0.05, 0) is 35.9 Å². The van der Waals surface area contributed by atoms with E-state index in [9.17, 15) is 0 Å². The van der Waals surface area contributed by atoms with E-state index < -0.39 is 0 Å². The van der Waals surface area contributed by atoms with Crippen molar-refractivity contribution in [2.24, 2.45) is 12.0 Å². The quantitative estimate of drug-likeness (QED) is 0.431. The maximum atomic E-state index is 9.12. The molecule has 0 radical (unpaired) electrons. The van der Waals surface area contributed by atoms with E-state index in [2.05, 4.69) is 21.7 Å². The zero-order chi connectivity index (χ0) is 19.7. The van der Waals surface area contributed by atoms with E-state index >= 15 is 0 Å². The Balaban J connectivity index is 2.01. The minimum Gasteiger partial charge on any atom is -0.398 e. The molecule has 0 unspecified atom stereocenters. The summed E-state index contributed by atoms with van der Waals surface area (Å²) in [5.41, 5.74) is 13.2. The second-order valence-electron chi connectivity index (χ2n) is 6.63. The number of aliphatic imine (C=N–C) groups is 1. The Morgan fingerprint density at radius 2 is 1.86 bits per heavy atom. The number of aryl methyl sites for hydroxylation is 1. The fourth-order valence-electron chi connectivity index (χ4n) is 3.43. The van der Waals surface area contributed by atoms with Gasteiger partial charge in [0.05, 0.1) is 29.0 Å². The van der Waals surface area contributed by atoms with Gasteiger partial charge in [-0.3, -0.25) is 9.98 Å². The van der Waals surface area contributed by atoms with E-state index in [0.29, 0.717) is 11.3 Å². The summed E-state index contributed by atoms with van der Waals surface area (Å²) in [5, 5.41) is 10.2. The molecule has 0 fully saturated rings. The molecule has 2 aromatic carbocycles. The third-order valence-electron chi connectivity index (χ3n) is 4.87. The van der Waals surface area contributed by atoms with E-state index in [-0.39, 0.29) is 0 Å². The van der Waals surface area contributed by atoms with Gasteiger partial charge in [-0.15, -0.1) is 0 Å². The molecule has 0 aliphatic rings. The minimum atomic E-state index is 0.632. The number of nitriles is 1. The fraction of sp³-hybridized carbons (Fsp3) is 0.0870. The number of aromatic nitrogens is 2. The molecule has 0 bridgehead atoms. The van der Waals surface area contributed by atoms with Crippen molar-refractivity contribution >= 4 is 22.8 Å². The van der Waals surface area contributed by atoms with E-state index in [4.69, 9.17) is 16.0 Å². The first-order chi connectivity index (χ1) is 13.6. The van der Waals surface area contributed by atoms with Gasteiger partial charge in [0.2, 0.25) is 0 Å². The lowest BCUT2D eigenvalue weighted by molar-refractivity contribution is 0.965. The number of hydrogen-bond acceptors (Lipinski definition) is 4. The highest BCUT2D eigenvalue weighted by Crippen LogP contribution is 2.37. The van der Waals surface area contributed by atoms with Crippen LogP contribution in [0.5, 0.6) is 0 Å².